The molecule has 0 spiro atoms. The third kappa shape index (κ3) is 3.45. The van der Waals surface area contributed by atoms with E-state index < -0.39 is 5.97 Å². The van der Waals surface area contributed by atoms with Gasteiger partial charge in [-0.05, 0) is 67.2 Å². The number of carbonyl (C=O) groups is 1. The average molecular weight is 315 g/mol. The van der Waals surface area contributed by atoms with Gasteiger partial charge in [0, 0.05) is 6.04 Å². The lowest BCUT2D eigenvalue weighted by Gasteiger charge is -2.30. The van der Waals surface area contributed by atoms with Crippen molar-refractivity contribution in [2.45, 2.75) is 76.8 Å². The second-order valence-corrected chi connectivity index (χ2v) is 8.20. The third-order valence-corrected chi connectivity index (χ3v) is 5.61. The van der Waals surface area contributed by atoms with Crippen LogP contribution in [0.1, 0.15) is 63.1 Å². The predicted octanol–water partition coefficient (Wildman–Crippen LogP) is 3.78. The van der Waals surface area contributed by atoms with Crippen molar-refractivity contribution in [2.24, 2.45) is 0 Å². The van der Waals surface area contributed by atoms with Gasteiger partial charge in [-0.1, -0.05) is 39.0 Å². The monoisotopic (exact) mass is 315 g/mol. The minimum Gasteiger partial charge on any atom is -0.480 e. The summed E-state index contributed by atoms with van der Waals surface area (Å²) in [6.07, 6.45) is 6.16. The standard InChI is InChI=1S/C20H29NO2/c1-20(2,3)16-9-6-14-7-10-17(11-8-15(14)13-16)21-12-4-5-18(21)19(22)23/h6,9,13,17-18H,4-5,7-8,10-12H2,1-3H3,(H,22,23)/t17?,18-/m0/s1. The first-order valence-corrected chi connectivity index (χ1v) is 8.97. The Hall–Kier alpha value is -1.35. The van der Waals surface area contributed by atoms with Crippen molar-refractivity contribution in [3.8, 4) is 0 Å². The molecule has 0 aromatic heterocycles. The highest BCUT2D eigenvalue weighted by Gasteiger charge is 2.35. The summed E-state index contributed by atoms with van der Waals surface area (Å²) >= 11 is 0. The summed E-state index contributed by atoms with van der Waals surface area (Å²) in [5, 5.41) is 9.44. The van der Waals surface area contributed by atoms with Crippen molar-refractivity contribution in [2.75, 3.05) is 6.54 Å². The number of hydrogen-bond acceptors (Lipinski definition) is 2. The minimum atomic E-state index is -0.640. The predicted molar refractivity (Wildman–Crippen MR) is 92.9 cm³/mol. The van der Waals surface area contributed by atoms with E-state index in [1.54, 1.807) is 0 Å². The number of benzene rings is 1. The Balaban J connectivity index is 1.76. The molecule has 2 aliphatic rings. The molecule has 0 amide bonds. The van der Waals surface area contributed by atoms with Crippen molar-refractivity contribution in [3.63, 3.8) is 0 Å². The van der Waals surface area contributed by atoms with E-state index in [0.29, 0.717) is 6.04 Å². The zero-order valence-electron chi connectivity index (χ0n) is 14.6. The van der Waals surface area contributed by atoms with Gasteiger partial charge in [0.25, 0.3) is 0 Å². The van der Waals surface area contributed by atoms with Crippen molar-refractivity contribution >= 4 is 5.97 Å². The zero-order chi connectivity index (χ0) is 16.6. The van der Waals surface area contributed by atoms with Gasteiger partial charge >= 0.3 is 5.97 Å². The van der Waals surface area contributed by atoms with Gasteiger partial charge in [0.05, 0.1) is 0 Å². The Morgan fingerprint density at radius 1 is 1.13 bits per heavy atom. The molecule has 1 fully saturated rings. The summed E-state index contributed by atoms with van der Waals surface area (Å²) in [7, 11) is 0. The first kappa shape index (κ1) is 16.5. The number of fused-ring (bicyclic) bond motifs is 1. The van der Waals surface area contributed by atoms with E-state index in [2.05, 4.69) is 43.9 Å². The highest BCUT2D eigenvalue weighted by atomic mass is 16.4. The smallest absolute Gasteiger partial charge is 0.320 e. The van der Waals surface area contributed by atoms with E-state index in [4.69, 9.17) is 0 Å². The Labute approximate surface area is 139 Å². The molecule has 3 rings (SSSR count). The van der Waals surface area contributed by atoms with Gasteiger partial charge in [0.2, 0.25) is 0 Å². The summed E-state index contributed by atoms with van der Waals surface area (Å²) in [4.78, 5) is 13.7. The Morgan fingerprint density at radius 3 is 2.48 bits per heavy atom. The minimum absolute atomic E-state index is 0.185. The van der Waals surface area contributed by atoms with E-state index in [-0.39, 0.29) is 11.5 Å². The lowest BCUT2D eigenvalue weighted by molar-refractivity contribution is -0.143. The molecule has 0 saturated carbocycles. The van der Waals surface area contributed by atoms with Gasteiger partial charge in [-0.15, -0.1) is 0 Å². The van der Waals surface area contributed by atoms with Crippen LogP contribution in [0.2, 0.25) is 0 Å². The second-order valence-electron chi connectivity index (χ2n) is 8.20. The molecule has 1 heterocycles. The van der Waals surface area contributed by atoms with Gasteiger partial charge in [-0.2, -0.15) is 0 Å². The molecule has 3 nitrogen and oxygen atoms in total. The summed E-state index contributed by atoms with van der Waals surface area (Å²) in [6, 6.07) is 7.12. The van der Waals surface area contributed by atoms with Crippen LogP contribution in [0.3, 0.4) is 0 Å². The molecule has 1 aliphatic heterocycles. The first-order valence-electron chi connectivity index (χ1n) is 8.97. The number of rotatable bonds is 2. The number of likely N-dealkylation sites (tertiary alicyclic amines) is 1. The Kier molecular flexibility index (Phi) is 4.50. The molecule has 2 atom stereocenters. The Bertz CT molecular complexity index is 588. The van der Waals surface area contributed by atoms with Crippen molar-refractivity contribution in [1.82, 2.24) is 4.90 Å². The van der Waals surface area contributed by atoms with Crippen LogP contribution in [0, 0.1) is 0 Å². The van der Waals surface area contributed by atoms with Crippen LogP contribution in [-0.4, -0.2) is 34.6 Å². The molecule has 1 unspecified atom stereocenters. The van der Waals surface area contributed by atoms with Crippen LogP contribution < -0.4 is 0 Å². The summed E-state index contributed by atoms with van der Waals surface area (Å²) in [5.74, 6) is -0.640. The number of aliphatic carboxylic acids is 1. The van der Waals surface area contributed by atoms with Crippen LogP contribution in [0.15, 0.2) is 18.2 Å². The number of nitrogens with zero attached hydrogens (tertiary/aromatic N) is 1. The SMILES string of the molecule is CC(C)(C)c1ccc2c(c1)CCC(N1CCC[C@H]1C(=O)O)CC2. The highest BCUT2D eigenvalue weighted by Crippen LogP contribution is 2.31. The normalized spacial score (nSPS) is 25.9. The van der Waals surface area contributed by atoms with Crippen LogP contribution in [0.5, 0.6) is 0 Å². The molecular weight excluding hydrogens is 286 g/mol. The Morgan fingerprint density at radius 2 is 1.83 bits per heavy atom. The second kappa shape index (κ2) is 6.27. The maximum Gasteiger partial charge on any atom is 0.320 e. The fourth-order valence-electron chi connectivity index (χ4n) is 4.18. The molecule has 3 heteroatoms. The average Bonchev–Trinajstić information content (AvgIpc) is 2.87. The number of hydrogen-bond donors (Lipinski definition) is 1. The lowest BCUT2D eigenvalue weighted by Crippen LogP contribution is -2.43. The van der Waals surface area contributed by atoms with Crippen LogP contribution in [-0.2, 0) is 23.1 Å². The van der Waals surface area contributed by atoms with Crippen molar-refractivity contribution in [1.29, 1.82) is 0 Å². The van der Waals surface area contributed by atoms with E-state index >= 15 is 0 Å². The largest absolute Gasteiger partial charge is 0.480 e. The van der Waals surface area contributed by atoms with E-state index in [9.17, 15) is 9.90 Å². The van der Waals surface area contributed by atoms with Gasteiger partial charge in [-0.25, -0.2) is 0 Å². The zero-order valence-corrected chi connectivity index (χ0v) is 14.6. The molecule has 1 aliphatic carbocycles. The summed E-state index contributed by atoms with van der Waals surface area (Å²) < 4.78 is 0. The van der Waals surface area contributed by atoms with Crippen LogP contribution in [0.25, 0.3) is 0 Å². The van der Waals surface area contributed by atoms with E-state index in [1.807, 2.05) is 0 Å². The number of carboxylic acids is 1. The summed E-state index contributed by atoms with van der Waals surface area (Å²) in [6.45, 7) is 7.73. The number of aryl methyl sites for hydroxylation is 2. The van der Waals surface area contributed by atoms with Crippen molar-refractivity contribution < 1.29 is 9.90 Å². The van der Waals surface area contributed by atoms with E-state index in [1.165, 1.54) is 16.7 Å². The molecule has 23 heavy (non-hydrogen) atoms. The molecule has 1 N–H and O–H groups in total. The van der Waals surface area contributed by atoms with Crippen molar-refractivity contribution in [3.05, 3.63) is 34.9 Å². The molecular formula is C20H29NO2. The molecule has 1 saturated heterocycles. The topological polar surface area (TPSA) is 40.5 Å². The molecule has 1 aromatic rings. The third-order valence-electron chi connectivity index (χ3n) is 5.61. The molecule has 0 bridgehead atoms. The van der Waals surface area contributed by atoms with Crippen LogP contribution >= 0.6 is 0 Å². The highest BCUT2D eigenvalue weighted by molar-refractivity contribution is 5.73. The lowest BCUT2D eigenvalue weighted by atomic mass is 9.84. The fourth-order valence-corrected chi connectivity index (χ4v) is 4.18. The maximum atomic E-state index is 11.5. The quantitative estimate of drug-likeness (QED) is 0.844. The van der Waals surface area contributed by atoms with Crippen LogP contribution in [0.4, 0.5) is 0 Å². The first-order chi connectivity index (χ1) is 10.9. The summed E-state index contributed by atoms with van der Waals surface area (Å²) in [5.41, 5.74) is 4.53. The van der Waals surface area contributed by atoms with Gasteiger partial charge in [0.15, 0.2) is 0 Å². The maximum absolute atomic E-state index is 11.5. The van der Waals surface area contributed by atoms with E-state index in [0.717, 1.165) is 45.1 Å². The molecule has 0 radical (unpaired) electrons. The van der Waals surface area contributed by atoms with Gasteiger partial charge in [0.1, 0.15) is 6.04 Å². The fraction of sp³-hybridized carbons (Fsp3) is 0.650. The van der Waals surface area contributed by atoms with Gasteiger partial charge < -0.3 is 5.11 Å². The van der Waals surface area contributed by atoms with Gasteiger partial charge in [-0.3, -0.25) is 9.69 Å². The number of carboxylic acid groups (broad SMARTS) is 1. The molecule has 126 valence electrons. The molecule has 1 aromatic carbocycles.